The molecule has 0 bridgehead atoms. The van der Waals surface area contributed by atoms with E-state index in [0.717, 1.165) is 18.6 Å². The molecule has 19 heavy (non-hydrogen) atoms. The van der Waals surface area contributed by atoms with Crippen LogP contribution in [0.2, 0.25) is 0 Å². The number of ether oxygens (including phenoxy) is 2. The second-order valence-electron chi connectivity index (χ2n) is 4.90. The Morgan fingerprint density at radius 3 is 2.37 bits per heavy atom. The van der Waals surface area contributed by atoms with E-state index < -0.39 is 0 Å². The van der Waals surface area contributed by atoms with Crippen LogP contribution in [0.25, 0.3) is 0 Å². The topological polar surface area (TPSA) is 44.5 Å². The van der Waals surface area contributed by atoms with Crippen molar-refractivity contribution < 1.29 is 9.47 Å². The summed E-state index contributed by atoms with van der Waals surface area (Å²) >= 11 is 0. The molecule has 0 aliphatic carbocycles. The maximum atomic E-state index is 6.13. The van der Waals surface area contributed by atoms with Crippen molar-refractivity contribution in [2.24, 2.45) is 5.73 Å². The van der Waals surface area contributed by atoms with Gasteiger partial charge in [-0.2, -0.15) is 0 Å². The lowest BCUT2D eigenvalue weighted by Crippen LogP contribution is -2.23. The Morgan fingerprint density at radius 1 is 1.11 bits per heavy atom. The third-order valence-corrected chi connectivity index (χ3v) is 3.06. The zero-order valence-corrected chi connectivity index (χ0v) is 12.4. The van der Waals surface area contributed by atoms with Crippen molar-refractivity contribution in [1.82, 2.24) is 0 Å². The van der Waals surface area contributed by atoms with Gasteiger partial charge in [-0.15, -0.1) is 0 Å². The molecule has 2 atom stereocenters. The van der Waals surface area contributed by atoms with Crippen molar-refractivity contribution in [2.75, 3.05) is 19.8 Å². The van der Waals surface area contributed by atoms with E-state index >= 15 is 0 Å². The first kappa shape index (κ1) is 16.2. The van der Waals surface area contributed by atoms with Crippen LogP contribution in [0.5, 0.6) is 0 Å². The van der Waals surface area contributed by atoms with Gasteiger partial charge in [0, 0.05) is 6.61 Å². The van der Waals surface area contributed by atoms with Crippen LogP contribution < -0.4 is 5.73 Å². The minimum atomic E-state index is -0.0697. The van der Waals surface area contributed by atoms with Gasteiger partial charge in [0.2, 0.25) is 0 Å². The molecule has 1 rings (SSSR count). The summed E-state index contributed by atoms with van der Waals surface area (Å²) in [6.45, 7) is 8.05. The standard InChI is InChI=1S/C16H27NO2/c1-4-6-14-7-9-15(10-8-14)16(17)12-19-13(3)11-18-5-2/h7-10,13,16H,4-6,11-12,17H2,1-3H3. The van der Waals surface area contributed by atoms with E-state index in [-0.39, 0.29) is 12.1 Å². The first-order valence-corrected chi connectivity index (χ1v) is 7.21. The van der Waals surface area contributed by atoms with Crippen molar-refractivity contribution in [3.63, 3.8) is 0 Å². The van der Waals surface area contributed by atoms with E-state index in [1.54, 1.807) is 0 Å². The van der Waals surface area contributed by atoms with E-state index in [4.69, 9.17) is 15.2 Å². The lowest BCUT2D eigenvalue weighted by Gasteiger charge is -2.17. The number of aryl methyl sites for hydroxylation is 1. The highest BCUT2D eigenvalue weighted by Gasteiger charge is 2.09. The van der Waals surface area contributed by atoms with Crippen LogP contribution >= 0.6 is 0 Å². The predicted molar refractivity (Wildman–Crippen MR) is 79.3 cm³/mol. The molecule has 0 heterocycles. The highest BCUT2D eigenvalue weighted by Crippen LogP contribution is 2.13. The van der Waals surface area contributed by atoms with Crippen molar-refractivity contribution >= 4 is 0 Å². The lowest BCUT2D eigenvalue weighted by atomic mass is 10.0. The summed E-state index contributed by atoms with van der Waals surface area (Å²) in [7, 11) is 0. The van der Waals surface area contributed by atoms with E-state index in [1.807, 2.05) is 13.8 Å². The third-order valence-electron chi connectivity index (χ3n) is 3.06. The Kier molecular flexibility index (Phi) is 7.72. The average molecular weight is 265 g/mol. The first-order valence-electron chi connectivity index (χ1n) is 7.21. The molecule has 0 aliphatic rings. The molecule has 3 heteroatoms. The minimum Gasteiger partial charge on any atom is -0.379 e. The number of rotatable bonds is 9. The van der Waals surface area contributed by atoms with Crippen molar-refractivity contribution in [3.8, 4) is 0 Å². The Bertz CT molecular complexity index is 337. The van der Waals surface area contributed by atoms with Crippen molar-refractivity contribution in [1.29, 1.82) is 0 Å². The van der Waals surface area contributed by atoms with Crippen LogP contribution in [0.4, 0.5) is 0 Å². The molecule has 3 nitrogen and oxygen atoms in total. The number of benzene rings is 1. The fourth-order valence-corrected chi connectivity index (χ4v) is 1.92. The summed E-state index contributed by atoms with van der Waals surface area (Å²) in [5, 5.41) is 0. The zero-order chi connectivity index (χ0) is 14.1. The van der Waals surface area contributed by atoms with Gasteiger partial charge in [0.1, 0.15) is 0 Å². The fourth-order valence-electron chi connectivity index (χ4n) is 1.92. The first-order chi connectivity index (χ1) is 9.17. The van der Waals surface area contributed by atoms with Gasteiger partial charge >= 0.3 is 0 Å². The average Bonchev–Trinajstić information content (AvgIpc) is 2.43. The molecule has 0 saturated heterocycles. The number of hydrogen-bond acceptors (Lipinski definition) is 3. The second-order valence-corrected chi connectivity index (χ2v) is 4.90. The van der Waals surface area contributed by atoms with Gasteiger partial charge in [-0.05, 0) is 31.4 Å². The predicted octanol–water partition coefficient (Wildman–Crippen LogP) is 3.08. The van der Waals surface area contributed by atoms with Gasteiger partial charge in [0.25, 0.3) is 0 Å². The maximum Gasteiger partial charge on any atom is 0.0781 e. The molecule has 0 amide bonds. The van der Waals surface area contributed by atoms with Crippen LogP contribution in [0.1, 0.15) is 44.4 Å². The smallest absolute Gasteiger partial charge is 0.0781 e. The molecular weight excluding hydrogens is 238 g/mol. The summed E-state index contributed by atoms with van der Waals surface area (Å²) < 4.78 is 11.0. The van der Waals surface area contributed by atoms with Crippen LogP contribution in [-0.2, 0) is 15.9 Å². The molecule has 1 aromatic rings. The number of hydrogen-bond donors (Lipinski definition) is 1. The van der Waals surface area contributed by atoms with Gasteiger partial charge in [0.05, 0.1) is 25.4 Å². The molecule has 0 fully saturated rings. The fraction of sp³-hybridized carbons (Fsp3) is 0.625. The highest BCUT2D eigenvalue weighted by atomic mass is 16.5. The zero-order valence-electron chi connectivity index (χ0n) is 12.4. The normalized spacial score (nSPS) is 14.3. The van der Waals surface area contributed by atoms with E-state index in [0.29, 0.717) is 13.2 Å². The van der Waals surface area contributed by atoms with Crippen LogP contribution in [0.15, 0.2) is 24.3 Å². The minimum absolute atomic E-state index is 0.0697. The summed E-state index contributed by atoms with van der Waals surface area (Å²) in [5.41, 5.74) is 8.62. The highest BCUT2D eigenvalue weighted by molar-refractivity contribution is 5.25. The molecule has 0 spiro atoms. The molecule has 1 aromatic carbocycles. The van der Waals surface area contributed by atoms with E-state index in [9.17, 15) is 0 Å². The Balaban J connectivity index is 2.38. The molecule has 0 radical (unpaired) electrons. The molecular formula is C16H27NO2. The molecule has 0 aliphatic heterocycles. The van der Waals surface area contributed by atoms with E-state index in [1.165, 1.54) is 12.0 Å². The van der Waals surface area contributed by atoms with Gasteiger partial charge in [-0.3, -0.25) is 0 Å². The number of nitrogens with two attached hydrogens (primary N) is 1. The van der Waals surface area contributed by atoms with Crippen molar-refractivity contribution in [3.05, 3.63) is 35.4 Å². The Labute approximate surface area is 117 Å². The summed E-state index contributed by atoms with van der Waals surface area (Å²) in [6.07, 6.45) is 2.38. The van der Waals surface area contributed by atoms with Crippen LogP contribution in [0, 0.1) is 0 Å². The third kappa shape index (κ3) is 6.19. The Morgan fingerprint density at radius 2 is 1.79 bits per heavy atom. The molecule has 2 N–H and O–H groups in total. The van der Waals surface area contributed by atoms with Crippen LogP contribution in [0.3, 0.4) is 0 Å². The molecule has 2 unspecified atom stereocenters. The second kappa shape index (κ2) is 9.08. The SMILES string of the molecule is CCCc1ccc(C(N)COC(C)COCC)cc1. The molecule has 108 valence electrons. The lowest BCUT2D eigenvalue weighted by molar-refractivity contribution is -0.00835. The van der Waals surface area contributed by atoms with Crippen molar-refractivity contribution in [2.45, 2.75) is 45.8 Å². The van der Waals surface area contributed by atoms with Crippen LogP contribution in [-0.4, -0.2) is 25.9 Å². The maximum absolute atomic E-state index is 6.13. The van der Waals surface area contributed by atoms with Gasteiger partial charge < -0.3 is 15.2 Å². The monoisotopic (exact) mass is 265 g/mol. The molecule has 0 aromatic heterocycles. The van der Waals surface area contributed by atoms with Gasteiger partial charge in [0.15, 0.2) is 0 Å². The van der Waals surface area contributed by atoms with Gasteiger partial charge in [-0.1, -0.05) is 37.6 Å². The summed E-state index contributed by atoms with van der Waals surface area (Å²) in [4.78, 5) is 0. The summed E-state index contributed by atoms with van der Waals surface area (Å²) in [6, 6.07) is 8.45. The quantitative estimate of drug-likeness (QED) is 0.746. The van der Waals surface area contributed by atoms with Gasteiger partial charge in [-0.25, -0.2) is 0 Å². The largest absolute Gasteiger partial charge is 0.379 e. The molecule has 0 saturated carbocycles. The Hall–Kier alpha value is -0.900. The summed E-state index contributed by atoms with van der Waals surface area (Å²) in [5.74, 6) is 0. The van der Waals surface area contributed by atoms with E-state index in [2.05, 4.69) is 31.2 Å².